The molecule has 250 valence electrons. The molecule has 3 heterocycles. The number of aliphatic hydroxyl groups excluding tert-OH is 5. The molecular formula is C33H39N5O9. The fourth-order valence-corrected chi connectivity index (χ4v) is 5.91. The van der Waals surface area contributed by atoms with Crippen molar-refractivity contribution in [1.82, 2.24) is 15.0 Å². The monoisotopic (exact) mass is 649 g/mol. The third-order valence-corrected chi connectivity index (χ3v) is 8.60. The lowest BCUT2D eigenvalue weighted by Crippen LogP contribution is -2.60. The maximum Gasteiger partial charge on any atom is 0.264 e. The summed E-state index contributed by atoms with van der Waals surface area (Å²) >= 11 is 0. The summed E-state index contributed by atoms with van der Waals surface area (Å²) in [6.45, 7) is 5.88. The minimum atomic E-state index is -2.00. The maximum atomic E-state index is 13.6. The minimum Gasteiger partial charge on any atom is -0.395 e. The van der Waals surface area contributed by atoms with Gasteiger partial charge in [-0.1, -0.05) is 60.7 Å². The van der Waals surface area contributed by atoms with Crippen LogP contribution in [0, 0.1) is 5.92 Å². The van der Waals surface area contributed by atoms with Crippen molar-refractivity contribution < 1.29 is 45.0 Å². The van der Waals surface area contributed by atoms with Gasteiger partial charge in [0, 0.05) is 36.5 Å². The fourth-order valence-electron chi connectivity index (χ4n) is 5.91. The number of aromatic nitrogens is 3. The number of nitrogens with one attached hydrogen (secondary N) is 1. The number of ether oxygens (including phenoxy) is 1. The molecule has 1 saturated heterocycles. The summed E-state index contributed by atoms with van der Waals surface area (Å²) in [5, 5.41) is 72.5. The lowest BCUT2D eigenvalue weighted by Gasteiger charge is -2.37. The molecule has 5 rings (SSSR count). The number of hydrogen-bond acceptors (Lipinski definition) is 11. The molecule has 14 heteroatoms. The third-order valence-electron chi connectivity index (χ3n) is 8.60. The van der Waals surface area contributed by atoms with Gasteiger partial charge >= 0.3 is 0 Å². The molecule has 0 spiro atoms. The molecule has 3 aromatic rings. The standard InChI is InChI=1S/C33H39N5O9/c1-3-14-38-25-13-12-21(34-30(43)29-27(41)26(40)28(42)31(44)47-29)16-23(25)33(46,32(38)45)19(2)9-7-8-15-37-17-24(35-36-37)22(18-39)20-10-5-4-6-11-20/h3-7,9-13,16-17,19,22,26-29,31,39-42,44,46H,1,8,14-15,18H2,2H3,(H,34,43)/b9-7+/t19-,22?,26+,27+,28-,29+,31-,33+/m1/s1. The van der Waals surface area contributed by atoms with Crippen LogP contribution in [0.2, 0.25) is 0 Å². The number of carbonyl (C=O) groups is 2. The van der Waals surface area contributed by atoms with Gasteiger partial charge in [-0.05, 0) is 30.2 Å². The van der Waals surface area contributed by atoms with E-state index in [1.165, 1.54) is 23.1 Å². The van der Waals surface area contributed by atoms with E-state index in [1.807, 2.05) is 36.4 Å². The second kappa shape index (κ2) is 14.2. The van der Waals surface area contributed by atoms with E-state index in [1.54, 1.807) is 29.9 Å². The zero-order valence-corrected chi connectivity index (χ0v) is 25.7. The highest BCUT2D eigenvalue weighted by Crippen LogP contribution is 2.46. The normalized spacial score (nSPS) is 27.1. The van der Waals surface area contributed by atoms with Gasteiger partial charge in [0.15, 0.2) is 18.0 Å². The molecule has 47 heavy (non-hydrogen) atoms. The van der Waals surface area contributed by atoms with Crippen LogP contribution in [0.4, 0.5) is 11.4 Å². The van der Waals surface area contributed by atoms with Gasteiger partial charge in [-0.15, -0.1) is 11.7 Å². The number of nitrogens with zero attached hydrogens (tertiary/aromatic N) is 4. The molecule has 8 atom stereocenters. The first-order valence-electron chi connectivity index (χ1n) is 15.2. The number of aryl methyl sites for hydroxylation is 1. The van der Waals surface area contributed by atoms with Crippen molar-refractivity contribution in [2.45, 2.75) is 62.1 Å². The summed E-state index contributed by atoms with van der Waals surface area (Å²) in [7, 11) is 0. The molecule has 0 radical (unpaired) electrons. The van der Waals surface area contributed by atoms with Gasteiger partial charge in [0.25, 0.3) is 11.8 Å². The number of benzene rings is 2. The Morgan fingerprint density at radius 3 is 2.57 bits per heavy atom. The van der Waals surface area contributed by atoms with Crippen LogP contribution >= 0.6 is 0 Å². The number of aliphatic hydroxyl groups is 6. The van der Waals surface area contributed by atoms with E-state index >= 15 is 0 Å². The molecule has 2 aromatic carbocycles. The Bertz CT molecular complexity index is 1610. The van der Waals surface area contributed by atoms with E-state index in [0.29, 0.717) is 24.3 Å². The minimum absolute atomic E-state index is 0.116. The van der Waals surface area contributed by atoms with Crippen molar-refractivity contribution in [3.8, 4) is 0 Å². The lowest BCUT2D eigenvalue weighted by atomic mass is 9.82. The molecule has 0 bridgehead atoms. The number of rotatable bonds is 12. The second-order valence-corrected chi connectivity index (χ2v) is 11.7. The van der Waals surface area contributed by atoms with E-state index in [2.05, 4.69) is 22.2 Å². The van der Waals surface area contributed by atoms with Gasteiger partial charge in [-0.25, -0.2) is 0 Å². The Labute approximate surface area is 270 Å². The van der Waals surface area contributed by atoms with Crippen molar-refractivity contribution in [1.29, 1.82) is 0 Å². The van der Waals surface area contributed by atoms with Crippen LogP contribution < -0.4 is 10.2 Å². The second-order valence-electron chi connectivity index (χ2n) is 11.7. The number of carbonyl (C=O) groups excluding carboxylic acids is 2. The largest absolute Gasteiger partial charge is 0.395 e. The third kappa shape index (κ3) is 6.62. The summed E-state index contributed by atoms with van der Waals surface area (Å²) in [5.74, 6) is -2.51. The summed E-state index contributed by atoms with van der Waals surface area (Å²) < 4.78 is 6.67. The molecule has 7 N–H and O–H groups in total. The first-order valence-corrected chi connectivity index (χ1v) is 15.2. The molecule has 2 aliphatic heterocycles. The number of anilines is 2. The SMILES string of the molecule is C=CCN1C(=O)[C@](O)([C@H](C)/C=C/CCn2cc(C(CO)c3ccccc3)nn2)c2cc(NC(=O)[C@H]3O[C@@H](O)[C@H](O)[C@@H](O)[C@@H]3O)ccc21. The van der Waals surface area contributed by atoms with Crippen LogP contribution in [-0.2, 0) is 26.5 Å². The number of amides is 2. The Kier molecular flexibility index (Phi) is 10.3. The Balaban J connectivity index is 1.30. The highest BCUT2D eigenvalue weighted by molar-refractivity contribution is 6.08. The zero-order chi connectivity index (χ0) is 33.9. The molecule has 2 aliphatic rings. The lowest BCUT2D eigenvalue weighted by molar-refractivity contribution is -0.274. The van der Waals surface area contributed by atoms with Crippen LogP contribution in [-0.4, -0.2) is 101 Å². The molecular weight excluding hydrogens is 610 g/mol. The zero-order valence-electron chi connectivity index (χ0n) is 25.7. The van der Waals surface area contributed by atoms with Crippen molar-refractivity contribution in [2.24, 2.45) is 5.92 Å². The van der Waals surface area contributed by atoms with Crippen molar-refractivity contribution in [3.05, 3.63) is 96.4 Å². The highest BCUT2D eigenvalue weighted by atomic mass is 16.6. The van der Waals surface area contributed by atoms with Gasteiger partial charge < -0.3 is 45.6 Å². The Morgan fingerprint density at radius 1 is 1.13 bits per heavy atom. The number of hydrogen-bond donors (Lipinski definition) is 7. The topological polar surface area (TPSA) is 211 Å². The van der Waals surface area contributed by atoms with Gasteiger partial charge in [0.2, 0.25) is 0 Å². The van der Waals surface area contributed by atoms with Crippen LogP contribution in [0.3, 0.4) is 0 Å². The maximum absolute atomic E-state index is 13.6. The summed E-state index contributed by atoms with van der Waals surface area (Å²) in [6, 6.07) is 14.0. The Hall–Kier alpha value is -4.28. The van der Waals surface area contributed by atoms with E-state index in [0.717, 1.165) is 5.56 Å². The molecule has 1 aromatic heterocycles. The first-order chi connectivity index (χ1) is 22.5. The summed E-state index contributed by atoms with van der Waals surface area (Å²) in [5.41, 5.74) is 0.370. The fraction of sp³-hybridized carbons (Fsp3) is 0.394. The average molecular weight is 650 g/mol. The predicted molar refractivity (Wildman–Crippen MR) is 169 cm³/mol. The molecule has 1 fully saturated rings. The van der Waals surface area contributed by atoms with Crippen molar-refractivity contribution >= 4 is 23.2 Å². The van der Waals surface area contributed by atoms with E-state index < -0.39 is 54.0 Å². The van der Waals surface area contributed by atoms with Crippen molar-refractivity contribution in [3.63, 3.8) is 0 Å². The Morgan fingerprint density at radius 2 is 1.87 bits per heavy atom. The predicted octanol–water partition coefficient (Wildman–Crippen LogP) is 0.144. The van der Waals surface area contributed by atoms with Crippen LogP contribution in [0.1, 0.15) is 36.1 Å². The van der Waals surface area contributed by atoms with Gasteiger partial charge in [0.05, 0.1) is 23.9 Å². The smallest absolute Gasteiger partial charge is 0.264 e. The van der Waals surface area contributed by atoms with Crippen LogP contribution in [0.25, 0.3) is 0 Å². The van der Waals surface area contributed by atoms with Crippen molar-refractivity contribution in [2.75, 3.05) is 23.4 Å². The van der Waals surface area contributed by atoms with Gasteiger partial charge in [0.1, 0.15) is 18.3 Å². The first kappa shape index (κ1) is 34.1. The van der Waals surface area contributed by atoms with Gasteiger partial charge in [-0.2, -0.15) is 0 Å². The number of allylic oxidation sites excluding steroid dienone is 1. The molecule has 0 saturated carbocycles. The summed E-state index contributed by atoms with van der Waals surface area (Å²) in [4.78, 5) is 28.0. The molecule has 1 unspecified atom stereocenters. The van der Waals surface area contributed by atoms with E-state index in [9.17, 15) is 40.2 Å². The molecule has 14 nitrogen and oxygen atoms in total. The quantitative estimate of drug-likeness (QED) is 0.131. The van der Waals surface area contributed by atoms with Gasteiger partial charge in [-0.3, -0.25) is 14.3 Å². The molecule has 2 amide bonds. The summed E-state index contributed by atoms with van der Waals surface area (Å²) in [6.07, 6.45) is -1.68. The number of fused-ring (bicyclic) bond motifs is 1. The molecule has 0 aliphatic carbocycles. The highest BCUT2D eigenvalue weighted by Gasteiger charge is 2.52. The average Bonchev–Trinajstić information content (AvgIpc) is 3.62. The van der Waals surface area contributed by atoms with Crippen LogP contribution in [0.15, 0.2) is 79.5 Å². The van der Waals surface area contributed by atoms with E-state index in [4.69, 9.17) is 4.74 Å². The van der Waals surface area contributed by atoms with E-state index in [-0.39, 0.29) is 30.3 Å². The van der Waals surface area contributed by atoms with Crippen LogP contribution in [0.5, 0.6) is 0 Å².